The molecule has 0 radical (unpaired) electrons. The second-order valence-corrected chi connectivity index (χ2v) is 4.89. The van der Waals surface area contributed by atoms with E-state index in [1.165, 1.54) is 17.1 Å². The number of carboxylic acids is 1. The maximum atomic E-state index is 12.9. The summed E-state index contributed by atoms with van der Waals surface area (Å²) in [5.41, 5.74) is 0.156. The lowest BCUT2D eigenvalue weighted by Gasteiger charge is -2.18. The molecule has 116 valence electrons. The van der Waals surface area contributed by atoms with Gasteiger partial charge in [0.15, 0.2) is 0 Å². The van der Waals surface area contributed by atoms with Crippen molar-refractivity contribution in [2.75, 3.05) is 13.1 Å². The van der Waals surface area contributed by atoms with E-state index < -0.39 is 43.0 Å². The Hall–Kier alpha value is -2.06. The highest BCUT2D eigenvalue weighted by Gasteiger charge is 2.53. The number of nitrogens with zero attached hydrogens (tertiary/aromatic N) is 3. The summed E-state index contributed by atoms with van der Waals surface area (Å²) in [4.78, 5) is 24.0. The zero-order chi connectivity index (χ0) is 15.8. The number of hydrogen-bond donors (Lipinski definition) is 1. The Labute approximate surface area is 118 Å². The van der Waals surface area contributed by atoms with Gasteiger partial charge in [0.25, 0.3) is 5.91 Å². The standard InChI is InChI=1S/C12H14F3N3O3/c1-2-18-4-7(3-16-18)10(19)17-5-8(11(20)21)9(6-17)12(13,14)15/h3-4,8-9H,2,5-6H2,1H3,(H,20,21)/t8-,9-/m1/s1. The summed E-state index contributed by atoms with van der Waals surface area (Å²) in [6.45, 7) is 1.24. The highest BCUT2D eigenvalue weighted by molar-refractivity contribution is 5.94. The number of hydrogen-bond acceptors (Lipinski definition) is 3. The Morgan fingerprint density at radius 2 is 2.10 bits per heavy atom. The van der Waals surface area contributed by atoms with E-state index in [-0.39, 0.29) is 5.56 Å². The van der Waals surface area contributed by atoms with Gasteiger partial charge in [0.2, 0.25) is 0 Å². The van der Waals surface area contributed by atoms with Crippen LogP contribution in [0.3, 0.4) is 0 Å². The fourth-order valence-electron chi connectivity index (χ4n) is 2.38. The molecule has 1 saturated heterocycles. The first-order chi connectivity index (χ1) is 9.74. The molecule has 0 unspecified atom stereocenters. The van der Waals surface area contributed by atoms with Gasteiger partial charge in [-0.25, -0.2) is 0 Å². The number of amides is 1. The Morgan fingerprint density at radius 1 is 1.43 bits per heavy atom. The van der Waals surface area contributed by atoms with Crippen LogP contribution in [0, 0.1) is 11.8 Å². The Bertz CT molecular complexity index is 555. The third-order valence-electron chi connectivity index (χ3n) is 3.55. The summed E-state index contributed by atoms with van der Waals surface area (Å²) in [6.07, 6.45) is -1.95. The molecule has 2 atom stereocenters. The molecule has 0 aromatic carbocycles. The Balaban J connectivity index is 2.18. The summed E-state index contributed by atoms with van der Waals surface area (Å²) in [5.74, 6) is -5.85. The molecule has 2 rings (SSSR count). The third-order valence-corrected chi connectivity index (χ3v) is 3.55. The van der Waals surface area contributed by atoms with Crippen LogP contribution in [0.15, 0.2) is 12.4 Å². The van der Waals surface area contributed by atoms with Gasteiger partial charge in [0.05, 0.1) is 23.6 Å². The first-order valence-electron chi connectivity index (χ1n) is 6.35. The molecule has 0 bridgehead atoms. The van der Waals surface area contributed by atoms with Crippen molar-refractivity contribution in [3.8, 4) is 0 Å². The molecule has 21 heavy (non-hydrogen) atoms. The molecule has 0 spiro atoms. The van der Waals surface area contributed by atoms with E-state index >= 15 is 0 Å². The van der Waals surface area contributed by atoms with Crippen LogP contribution in [0.25, 0.3) is 0 Å². The second-order valence-electron chi connectivity index (χ2n) is 4.89. The number of alkyl halides is 3. The molecular formula is C12H14F3N3O3. The smallest absolute Gasteiger partial charge is 0.394 e. The van der Waals surface area contributed by atoms with Crippen LogP contribution in [0.4, 0.5) is 13.2 Å². The Kier molecular flexibility index (Phi) is 3.93. The number of carbonyl (C=O) groups excluding carboxylic acids is 1. The molecular weight excluding hydrogens is 291 g/mol. The molecule has 1 aromatic rings. The van der Waals surface area contributed by atoms with Crippen LogP contribution < -0.4 is 0 Å². The van der Waals surface area contributed by atoms with E-state index in [9.17, 15) is 22.8 Å². The van der Waals surface area contributed by atoms with E-state index in [1.807, 2.05) is 0 Å². The maximum absolute atomic E-state index is 12.9. The van der Waals surface area contributed by atoms with Gasteiger partial charge in [-0.15, -0.1) is 0 Å². The van der Waals surface area contributed by atoms with Crippen LogP contribution in [-0.2, 0) is 11.3 Å². The third kappa shape index (κ3) is 3.01. The molecule has 6 nitrogen and oxygen atoms in total. The van der Waals surface area contributed by atoms with E-state index in [1.54, 1.807) is 6.92 Å². The van der Waals surface area contributed by atoms with Crippen LogP contribution in [0.2, 0.25) is 0 Å². The normalized spacial score (nSPS) is 22.6. The van der Waals surface area contributed by atoms with Crippen molar-refractivity contribution in [2.45, 2.75) is 19.6 Å². The molecule has 1 N–H and O–H groups in total. The number of carboxylic acid groups (broad SMARTS) is 1. The van der Waals surface area contributed by atoms with Crippen molar-refractivity contribution >= 4 is 11.9 Å². The van der Waals surface area contributed by atoms with Crippen molar-refractivity contribution < 1.29 is 27.9 Å². The molecule has 0 saturated carbocycles. The monoisotopic (exact) mass is 305 g/mol. The van der Waals surface area contributed by atoms with Crippen LogP contribution in [0.1, 0.15) is 17.3 Å². The second kappa shape index (κ2) is 5.38. The average molecular weight is 305 g/mol. The van der Waals surface area contributed by atoms with E-state index in [0.29, 0.717) is 6.54 Å². The molecule has 9 heteroatoms. The lowest BCUT2D eigenvalue weighted by Crippen LogP contribution is -2.34. The lowest BCUT2D eigenvalue weighted by atomic mass is 9.96. The SMILES string of the molecule is CCn1cc(C(=O)N2C[C@@H](C(F)(F)F)[C@H](C(=O)O)C2)cn1. The van der Waals surface area contributed by atoms with E-state index in [2.05, 4.69) is 5.10 Å². The molecule has 1 amide bonds. The van der Waals surface area contributed by atoms with E-state index in [4.69, 9.17) is 5.11 Å². The number of halogens is 3. The summed E-state index contributed by atoms with van der Waals surface area (Å²) in [7, 11) is 0. The Morgan fingerprint density at radius 3 is 2.52 bits per heavy atom. The largest absolute Gasteiger partial charge is 0.481 e. The first kappa shape index (κ1) is 15.3. The summed E-state index contributed by atoms with van der Waals surface area (Å²) >= 11 is 0. The molecule has 1 aromatic heterocycles. The van der Waals surface area contributed by atoms with Gasteiger partial charge in [0.1, 0.15) is 0 Å². The van der Waals surface area contributed by atoms with Crippen molar-refractivity contribution in [1.29, 1.82) is 0 Å². The van der Waals surface area contributed by atoms with Gasteiger partial charge in [-0.1, -0.05) is 0 Å². The average Bonchev–Trinajstić information content (AvgIpc) is 3.04. The van der Waals surface area contributed by atoms with Crippen molar-refractivity contribution in [1.82, 2.24) is 14.7 Å². The first-order valence-corrected chi connectivity index (χ1v) is 6.35. The van der Waals surface area contributed by atoms with Crippen molar-refractivity contribution in [3.05, 3.63) is 18.0 Å². The summed E-state index contributed by atoms with van der Waals surface area (Å²) < 4.78 is 40.0. The van der Waals surface area contributed by atoms with Gasteiger partial charge in [0, 0.05) is 25.8 Å². The maximum Gasteiger partial charge on any atom is 0.394 e. The van der Waals surface area contributed by atoms with Crippen LogP contribution >= 0.6 is 0 Å². The highest BCUT2D eigenvalue weighted by Crippen LogP contribution is 2.38. The number of rotatable bonds is 3. The topological polar surface area (TPSA) is 75.4 Å². The lowest BCUT2D eigenvalue weighted by molar-refractivity contribution is -0.187. The van der Waals surface area contributed by atoms with Gasteiger partial charge in [-0.3, -0.25) is 14.3 Å². The number of aryl methyl sites for hydroxylation is 1. The predicted octanol–water partition coefficient (Wildman–Crippen LogP) is 1.24. The molecule has 1 fully saturated rings. The fraction of sp³-hybridized carbons (Fsp3) is 0.583. The van der Waals surface area contributed by atoms with Crippen LogP contribution in [-0.4, -0.2) is 50.9 Å². The molecule has 0 aliphatic carbocycles. The minimum Gasteiger partial charge on any atom is -0.481 e. The zero-order valence-corrected chi connectivity index (χ0v) is 11.2. The predicted molar refractivity (Wildman–Crippen MR) is 64.5 cm³/mol. The minimum atomic E-state index is -4.65. The van der Waals surface area contributed by atoms with E-state index in [0.717, 1.165) is 4.90 Å². The highest BCUT2D eigenvalue weighted by atomic mass is 19.4. The summed E-state index contributed by atoms with van der Waals surface area (Å²) in [5, 5.41) is 12.8. The van der Waals surface area contributed by atoms with Gasteiger partial charge in [-0.2, -0.15) is 18.3 Å². The van der Waals surface area contributed by atoms with Crippen molar-refractivity contribution in [3.63, 3.8) is 0 Å². The van der Waals surface area contributed by atoms with Crippen molar-refractivity contribution in [2.24, 2.45) is 11.8 Å². The molecule has 2 heterocycles. The fourth-order valence-corrected chi connectivity index (χ4v) is 2.38. The zero-order valence-electron chi connectivity index (χ0n) is 11.2. The number of aromatic nitrogens is 2. The molecule has 1 aliphatic heterocycles. The number of carbonyl (C=O) groups is 2. The quantitative estimate of drug-likeness (QED) is 0.911. The summed E-state index contributed by atoms with van der Waals surface area (Å²) in [6, 6.07) is 0. The number of aliphatic carboxylic acids is 1. The van der Waals surface area contributed by atoms with Gasteiger partial charge >= 0.3 is 12.1 Å². The molecule has 1 aliphatic rings. The minimum absolute atomic E-state index is 0.156. The van der Waals surface area contributed by atoms with Gasteiger partial charge < -0.3 is 10.0 Å². The number of likely N-dealkylation sites (tertiary alicyclic amines) is 1. The van der Waals surface area contributed by atoms with Gasteiger partial charge in [-0.05, 0) is 6.92 Å². The van der Waals surface area contributed by atoms with Crippen LogP contribution in [0.5, 0.6) is 0 Å².